The Balaban J connectivity index is 2.09. The van der Waals surface area contributed by atoms with Gasteiger partial charge in [0, 0.05) is 5.56 Å². The zero-order chi connectivity index (χ0) is 15.4. The number of nitrogens with two attached hydrogens (primary N) is 1. The molecule has 8 nitrogen and oxygen atoms in total. The largest absolute Gasteiger partial charge is 0.368 e. The van der Waals surface area contributed by atoms with Crippen LogP contribution in [0.1, 0.15) is 10.4 Å². The lowest BCUT2D eigenvalue weighted by Crippen LogP contribution is -2.44. The van der Waals surface area contributed by atoms with E-state index in [0.717, 1.165) is 11.8 Å². The Morgan fingerprint density at radius 1 is 1.38 bits per heavy atom. The van der Waals surface area contributed by atoms with Crippen molar-refractivity contribution >= 4 is 23.6 Å². The molecule has 2 amide bonds. The maximum absolute atomic E-state index is 12.0. The van der Waals surface area contributed by atoms with Crippen molar-refractivity contribution in [2.24, 2.45) is 5.73 Å². The van der Waals surface area contributed by atoms with Gasteiger partial charge in [0.15, 0.2) is 5.50 Å². The summed E-state index contributed by atoms with van der Waals surface area (Å²) < 4.78 is 0. The molecule has 0 saturated carbocycles. The summed E-state index contributed by atoms with van der Waals surface area (Å²) >= 11 is 0.840. The fraction of sp³-hybridized carbons (Fsp3) is 0.167. The molecule has 1 aliphatic heterocycles. The smallest absolute Gasteiger partial charge is 0.322 e. The summed E-state index contributed by atoms with van der Waals surface area (Å²) in [5.74, 6) is -1.03. The van der Waals surface area contributed by atoms with E-state index in [1.165, 1.54) is 11.1 Å². The molecule has 0 spiro atoms. The van der Waals surface area contributed by atoms with Crippen LogP contribution in [-0.2, 0) is 4.79 Å². The standard InChI is InChI=1S/C12H12N4O4S/c13-9(17)6-15-7-10(16(19)20)21-12(15)14-11(18)8-4-2-1-3-5-8/h1-5,7,12H,6H2,(H2,13,17)(H,14,18). The van der Waals surface area contributed by atoms with Gasteiger partial charge in [-0.05, 0) is 23.9 Å². The van der Waals surface area contributed by atoms with Crippen LogP contribution in [0, 0.1) is 10.1 Å². The number of nitro groups is 1. The van der Waals surface area contributed by atoms with Gasteiger partial charge in [0.05, 0.1) is 17.7 Å². The van der Waals surface area contributed by atoms with Gasteiger partial charge < -0.3 is 16.0 Å². The lowest BCUT2D eigenvalue weighted by atomic mass is 10.2. The second-order valence-electron chi connectivity index (χ2n) is 4.17. The van der Waals surface area contributed by atoms with Gasteiger partial charge in [0.25, 0.3) is 5.91 Å². The Kier molecular flexibility index (Phi) is 4.43. The topological polar surface area (TPSA) is 119 Å². The first-order valence-electron chi connectivity index (χ1n) is 5.90. The number of hydrogen-bond acceptors (Lipinski definition) is 6. The highest BCUT2D eigenvalue weighted by Gasteiger charge is 2.34. The first-order chi connectivity index (χ1) is 9.97. The molecule has 110 valence electrons. The van der Waals surface area contributed by atoms with Crippen molar-refractivity contribution in [1.82, 2.24) is 10.2 Å². The van der Waals surface area contributed by atoms with Crippen molar-refractivity contribution in [3.63, 3.8) is 0 Å². The summed E-state index contributed by atoms with van der Waals surface area (Å²) in [5, 5.41) is 13.3. The lowest BCUT2D eigenvalue weighted by molar-refractivity contribution is -0.410. The molecular weight excluding hydrogens is 296 g/mol. The minimum atomic E-state index is -0.745. The molecule has 0 bridgehead atoms. The highest BCUT2D eigenvalue weighted by Crippen LogP contribution is 2.31. The summed E-state index contributed by atoms with van der Waals surface area (Å²) in [6, 6.07) is 8.43. The number of rotatable bonds is 5. The van der Waals surface area contributed by atoms with E-state index in [-0.39, 0.29) is 17.5 Å². The number of hydrogen-bond donors (Lipinski definition) is 2. The minimum Gasteiger partial charge on any atom is -0.368 e. The Hall–Kier alpha value is -2.55. The first kappa shape index (κ1) is 14.9. The van der Waals surface area contributed by atoms with Crippen LogP contribution in [0.5, 0.6) is 0 Å². The summed E-state index contributed by atoms with van der Waals surface area (Å²) in [7, 11) is 0. The molecule has 0 saturated heterocycles. The molecule has 1 aromatic carbocycles. The predicted molar refractivity (Wildman–Crippen MR) is 76.3 cm³/mol. The van der Waals surface area contributed by atoms with Crippen molar-refractivity contribution in [3.05, 3.63) is 57.2 Å². The van der Waals surface area contributed by atoms with Crippen LogP contribution in [0.15, 0.2) is 41.6 Å². The molecule has 2 rings (SSSR count). The zero-order valence-corrected chi connectivity index (χ0v) is 11.6. The van der Waals surface area contributed by atoms with Crippen molar-refractivity contribution in [2.75, 3.05) is 6.54 Å². The summed E-state index contributed by atoms with van der Waals surface area (Å²) in [6.07, 6.45) is 1.20. The minimum absolute atomic E-state index is 0.158. The molecule has 0 aliphatic carbocycles. The number of thioether (sulfide) groups is 1. The van der Waals surface area contributed by atoms with E-state index < -0.39 is 16.3 Å². The third-order valence-corrected chi connectivity index (χ3v) is 3.73. The number of nitrogens with zero attached hydrogens (tertiary/aromatic N) is 2. The van der Waals surface area contributed by atoms with E-state index in [1.807, 2.05) is 0 Å². The SMILES string of the molecule is NC(=O)CN1C=C([N+](=O)[O-])SC1NC(=O)c1ccccc1. The van der Waals surface area contributed by atoms with Crippen LogP contribution in [0.25, 0.3) is 0 Å². The quantitative estimate of drug-likeness (QED) is 0.597. The second kappa shape index (κ2) is 6.27. The van der Waals surface area contributed by atoms with E-state index in [0.29, 0.717) is 5.56 Å². The first-order valence-corrected chi connectivity index (χ1v) is 6.78. The molecule has 1 aromatic rings. The third-order valence-electron chi connectivity index (χ3n) is 2.62. The normalized spacial score (nSPS) is 17.2. The summed E-state index contributed by atoms with van der Waals surface area (Å²) in [5.41, 5.74) is 4.77. The molecule has 0 aromatic heterocycles. The van der Waals surface area contributed by atoms with Gasteiger partial charge in [-0.15, -0.1) is 0 Å². The summed E-state index contributed by atoms with van der Waals surface area (Å²) in [4.78, 5) is 34.6. The van der Waals surface area contributed by atoms with Gasteiger partial charge in [-0.1, -0.05) is 18.2 Å². The monoisotopic (exact) mass is 308 g/mol. The van der Waals surface area contributed by atoms with Gasteiger partial charge in [-0.3, -0.25) is 19.7 Å². The summed E-state index contributed by atoms with van der Waals surface area (Å²) in [6.45, 7) is -0.218. The van der Waals surface area contributed by atoms with E-state index in [2.05, 4.69) is 5.32 Å². The number of carbonyl (C=O) groups is 2. The fourth-order valence-corrected chi connectivity index (χ4v) is 2.67. The molecule has 0 radical (unpaired) electrons. The molecule has 1 heterocycles. The molecule has 1 unspecified atom stereocenters. The number of carbonyl (C=O) groups excluding carboxylic acids is 2. The molecule has 21 heavy (non-hydrogen) atoms. The highest BCUT2D eigenvalue weighted by molar-refractivity contribution is 8.03. The van der Waals surface area contributed by atoms with E-state index in [4.69, 9.17) is 5.73 Å². The van der Waals surface area contributed by atoms with Crippen LogP contribution in [0.4, 0.5) is 0 Å². The average molecular weight is 308 g/mol. The second-order valence-corrected chi connectivity index (χ2v) is 5.27. The van der Waals surface area contributed by atoms with Crippen LogP contribution in [0.3, 0.4) is 0 Å². The van der Waals surface area contributed by atoms with E-state index in [1.54, 1.807) is 30.3 Å². The average Bonchev–Trinajstić information content (AvgIpc) is 2.82. The van der Waals surface area contributed by atoms with E-state index >= 15 is 0 Å². The van der Waals surface area contributed by atoms with Gasteiger partial charge in [0.1, 0.15) is 0 Å². The number of primary amides is 1. The molecule has 1 aliphatic rings. The van der Waals surface area contributed by atoms with Gasteiger partial charge in [-0.2, -0.15) is 0 Å². The molecule has 1 atom stereocenters. The van der Waals surface area contributed by atoms with Crippen LogP contribution in [0.2, 0.25) is 0 Å². The zero-order valence-electron chi connectivity index (χ0n) is 10.8. The van der Waals surface area contributed by atoms with Crippen molar-refractivity contribution in [2.45, 2.75) is 5.50 Å². The molecule has 3 N–H and O–H groups in total. The van der Waals surface area contributed by atoms with Crippen molar-refractivity contribution in [3.8, 4) is 0 Å². The van der Waals surface area contributed by atoms with Crippen LogP contribution in [-0.4, -0.2) is 33.7 Å². The third kappa shape index (κ3) is 3.72. The maximum atomic E-state index is 12.0. The Morgan fingerprint density at radius 3 is 2.62 bits per heavy atom. The maximum Gasteiger partial charge on any atom is 0.322 e. The van der Waals surface area contributed by atoms with Crippen LogP contribution < -0.4 is 11.1 Å². The van der Waals surface area contributed by atoms with Crippen molar-refractivity contribution in [1.29, 1.82) is 0 Å². The van der Waals surface area contributed by atoms with Gasteiger partial charge >= 0.3 is 5.03 Å². The Labute approximate surface area is 124 Å². The Bertz CT molecular complexity index is 605. The predicted octanol–water partition coefficient (Wildman–Crippen LogP) is 0.310. The molecule has 0 fully saturated rings. The van der Waals surface area contributed by atoms with Gasteiger partial charge in [0.2, 0.25) is 5.91 Å². The van der Waals surface area contributed by atoms with Crippen molar-refractivity contribution < 1.29 is 14.5 Å². The molecule has 9 heteroatoms. The van der Waals surface area contributed by atoms with Crippen LogP contribution >= 0.6 is 11.8 Å². The van der Waals surface area contributed by atoms with Gasteiger partial charge in [-0.25, -0.2) is 0 Å². The highest BCUT2D eigenvalue weighted by atomic mass is 32.2. The fourth-order valence-electron chi connectivity index (χ4n) is 1.72. The number of benzene rings is 1. The lowest BCUT2D eigenvalue weighted by Gasteiger charge is -2.22. The van der Waals surface area contributed by atoms with E-state index in [9.17, 15) is 19.7 Å². The number of amides is 2. The number of nitrogens with one attached hydrogen (secondary N) is 1. The Morgan fingerprint density at radius 2 is 2.05 bits per heavy atom. The molecular formula is C12H12N4O4S.